The molecule has 0 aliphatic carbocycles. The molecule has 0 bridgehead atoms. The van der Waals surface area contributed by atoms with Crippen LogP contribution in [-0.4, -0.2) is 9.78 Å². The molecule has 0 atom stereocenters. The molecular formula is C10H9N2. The van der Waals surface area contributed by atoms with Crippen LogP contribution in [0.3, 0.4) is 0 Å². The third kappa shape index (κ3) is 1.23. The Balaban J connectivity index is 2.45. The number of rotatable bonds is 1. The van der Waals surface area contributed by atoms with Gasteiger partial charge in [-0.1, -0.05) is 30.3 Å². The van der Waals surface area contributed by atoms with Gasteiger partial charge in [-0.2, -0.15) is 5.10 Å². The summed E-state index contributed by atoms with van der Waals surface area (Å²) in [7, 11) is 1.89. The molecule has 1 aromatic heterocycles. The average Bonchev–Trinajstić information content (AvgIpc) is 2.54. The monoisotopic (exact) mass is 157 g/mol. The lowest BCUT2D eigenvalue weighted by atomic mass is 10.2. The lowest BCUT2D eigenvalue weighted by Crippen LogP contribution is -1.87. The molecule has 0 aliphatic heterocycles. The Morgan fingerprint density at radius 3 is 2.58 bits per heavy atom. The zero-order valence-corrected chi connectivity index (χ0v) is 6.86. The summed E-state index contributed by atoms with van der Waals surface area (Å²) in [5.74, 6) is 0. The molecule has 1 radical (unpaired) electrons. The third-order valence-electron chi connectivity index (χ3n) is 1.69. The summed E-state index contributed by atoms with van der Waals surface area (Å²) < 4.78 is 1.75. The molecule has 0 N–H and O–H groups in total. The van der Waals surface area contributed by atoms with Gasteiger partial charge < -0.3 is 0 Å². The molecule has 2 heteroatoms. The molecule has 0 spiro atoms. The predicted octanol–water partition coefficient (Wildman–Crippen LogP) is 1.89. The summed E-state index contributed by atoms with van der Waals surface area (Å²) in [6.45, 7) is 0. The molecule has 0 aliphatic rings. The van der Waals surface area contributed by atoms with Crippen molar-refractivity contribution >= 4 is 0 Å². The second-order valence-corrected chi connectivity index (χ2v) is 2.66. The zero-order chi connectivity index (χ0) is 8.39. The summed E-state index contributed by atoms with van der Waals surface area (Å²) in [5, 5.41) is 4.24. The van der Waals surface area contributed by atoms with Crippen molar-refractivity contribution in [3.63, 3.8) is 0 Å². The minimum absolute atomic E-state index is 0.901. The first kappa shape index (κ1) is 7.10. The van der Waals surface area contributed by atoms with E-state index in [1.807, 2.05) is 43.6 Å². The Labute approximate surface area is 71.5 Å². The summed E-state index contributed by atoms with van der Waals surface area (Å²) in [6.07, 6.45) is 1.82. The van der Waals surface area contributed by atoms with Crippen molar-refractivity contribution in [2.75, 3.05) is 0 Å². The van der Waals surface area contributed by atoms with Crippen molar-refractivity contribution in [1.82, 2.24) is 9.78 Å². The smallest absolute Gasteiger partial charge is 0.100 e. The summed E-state index contributed by atoms with van der Waals surface area (Å²) in [5.41, 5.74) is 2.01. The SMILES string of the molecule is Cn1c[c]c(-c2ccccc2)n1. The molecule has 0 saturated carbocycles. The van der Waals surface area contributed by atoms with Crippen LogP contribution in [0.2, 0.25) is 0 Å². The fraction of sp³-hybridized carbons (Fsp3) is 0.100. The van der Waals surface area contributed by atoms with Gasteiger partial charge in [0.15, 0.2) is 0 Å². The highest BCUT2D eigenvalue weighted by atomic mass is 15.2. The maximum atomic E-state index is 4.24. The lowest BCUT2D eigenvalue weighted by molar-refractivity contribution is 0.771. The molecule has 0 saturated heterocycles. The zero-order valence-electron chi connectivity index (χ0n) is 6.86. The molecule has 1 aromatic carbocycles. The Bertz CT molecular complexity index is 362. The Hall–Kier alpha value is -1.57. The van der Waals surface area contributed by atoms with Crippen molar-refractivity contribution in [2.45, 2.75) is 0 Å². The number of benzene rings is 1. The van der Waals surface area contributed by atoms with E-state index in [0.717, 1.165) is 11.3 Å². The van der Waals surface area contributed by atoms with Crippen molar-refractivity contribution < 1.29 is 0 Å². The van der Waals surface area contributed by atoms with Gasteiger partial charge >= 0.3 is 0 Å². The van der Waals surface area contributed by atoms with E-state index in [4.69, 9.17) is 0 Å². The van der Waals surface area contributed by atoms with Gasteiger partial charge in [0, 0.05) is 24.9 Å². The van der Waals surface area contributed by atoms with E-state index in [-0.39, 0.29) is 0 Å². The van der Waals surface area contributed by atoms with Crippen molar-refractivity contribution in [1.29, 1.82) is 0 Å². The molecule has 0 unspecified atom stereocenters. The molecule has 2 rings (SSSR count). The maximum absolute atomic E-state index is 4.24. The van der Waals surface area contributed by atoms with Gasteiger partial charge in [0.05, 0.1) is 0 Å². The largest absolute Gasteiger partial charge is 0.275 e. The van der Waals surface area contributed by atoms with Crippen molar-refractivity contribution in [2.24, 2.45) is 7.05 Å². The first-order chi connectivity index (χ1) is 5.86. The van der Waals surface area contributed by atoms with Crippen LogP contribution in [0.1, 0.15) is 0 Å². The van der Waals surface area contributed by atoms with Crippen LogP contribution >= 0.6 is 0 Å². The summed E-state index contributed by atoms with van der Waals surface area (Å²) in [6, 6.07) is 13.1. The van der Waals surface area contributed by atoms with E-state index in [1.54, 1.807) is 4.68 Å². The fourth-order valence-corrected chi connectivity index (χ4v) is 1.11. The molecule has 0 amide bonds. The highest BCUT2D eigenvalue weighted by Gasteiger charge is 1.98. The molecule has 59 valence electrons. The minimum atomic E-state index is 0.901. The average molecular weight is 157 g/mol. The molecule has 2 aromatic rings. The van der Waals surface area contributed by atoms with E-state index in [9.17, 15) is 0 Å². The van der Waals surface area contributed by atoms with Gasteiger partial charge in [0.25, 0.3) is 0 Å². The fourth-order valence-electron chi connectivity index (χ4n) is 1.11. The molecule has 0 fully saturated rings. The number of hydrogen-bond donors (Lipinski definition) is 0. The highest BCUT2D eigenvalue weighted by Crippen LogP contribution is 2.14. The molecule has 12 heavy (non-hydrogen) atoms. The topological polar surface area (TPSA) is 17.8 Å². The molecule has 1 heterocycles. The minimum Gasteiger partial charge on any atom is -0.275 e. The molecular weight excluding hydrogens is 148 g/mol. The van der Waals surface area contributed by atoms with Crippen molar-refractivity contribution in [3.8, 4) is 11.3 Å². The maximum Gasteiger partial charge on any atom is 0.100 e. The first-order valence-corrected chi connectivity index (χ1v) is 3.83. The van der Waals surface area contributed by atoms with Gasteiger partial charge in [-0.3, -0.25) is 4.68 Å². The van der Waals surface area contributed by atoms with Gasteiger partial charge in [-0.15, -0.1) is 0 Å². The van der Waals surface area contributed by atoms with Gasteiger partial charge in [-0.05, 0) is 0 Å². The van der Waals surface area contributed by atoms with Crippen LogP contribution in [0, 0.1) is 6.07 Å². The number of aryl methyl sites for hydroxylation is 1. The second-order valence-electron chi connectivity index (χ2n) is 2.66. The van der Waals surface area contributed by atoms with E-state index >= 15 is 0 Å². The Morgan fingerprint density at radius 1 is 1.25 bits per heavy atom. The van der Waals surface area contributed by atoms with Crippen LogP contribution in [0.25, 0.3) is 11.3 Å². The van der Waals surface area contributed by atoms with E-state index in [0.29, 0.717) is 0 Å². The number of aromatic nitrogens is 2. The van der Waals surface area contributed by atoms with Crippen molar-refractivity contribution in [3.05, 3.63) is 42.6 Å². The van der Waals surface area contributed by atoms with E-state index < -0.39 is 0 Å². The van der Waals surface area contributed by atoms with Crippen LogP contribution in [-0.2, 0) is 7.05 Å². The quantitative estimate of drug-likeness (QED) is 0.618. The third-order valence-corrected chi connectivity index (χ3v) is 1.69. The number of hydrogen-bond acceptors (Lipinski definition) is 1. The van der Waals surface area contributed by atoms with Crippen LogP contribution in [0.15, 0.2) is 36.5 Å². The van der Waals surface area contributed by atoms with E-state index in [2.05, 4.69) is 11.2 Å². The number of nitrogens with zero attached hydrogens (tertiary/aromatic N) is 2. The normalized spacial score (nSPS) is 10.1. The van der Waals surface area contributed by atoms with Gasteiger partial charge in [0.1, 0.15) is 5.69 Å². The standard InChI is InChI=1S/C10H9N2/c1-12-8-7-10(11-12)9-5-3-2-4-6-9/h2-6,8H,1H3. The second kappa shape index (κ2) is 2.81. The predicted molar refractivity (Wildman–Crippen MR) is 47.5 cm³/mol. The van der Waals surface area contributed by atoms with E-state index in [1.165, 1.54) is 0 Å². The van der Waals surface area contributed by atoms with Gasteiger partial charge in [-0.25, -0.2) is 0 Å². The summed E-state index contributed by atoms with van der Waals surface area (Å²) >= 11 is 0. The summed E-state index contributed by atoms with van der Waals surface area (Å²) in [4.78, 5) is 0. The Morgan fingerprint density at radius 2 is 2.00 bits per heavy atom. The van der Waals surface area contributed by atoms with Crippen LogP contribution in [0.4, 0.5) is 0 Å². The first-order valence-electron chi connectivity index (χ1n) is 3.83. The highest BCUT2D eigenvalue weighted by molar-refractivity contribution is 5.57. The van der Waals surface area contributed by atoms with Crippen LogP contribution in [0.5, 0.6) is 0 Å². The van der Waals surface area contributed by atoms with Gasteiger partial charge in [0.2, 0.25) is 0 Å². The molecule has 2 nitrogen and oxygen atoms in total. The lowest BCUT2D eigenvalue weighted by Gasteiger charge is -1.93. The van der Waals surface area contributed by atoms with Crippen LogP contribution < -0.4 is 0 Å². The Kier molecular flexibility index (Phi) is 1.67.